The largest absolute Gasteiger partial charge is 0.379 e. The Hall–Kier alpha value is -2.89. The summed E-state index contributed by atoms with van der Waals surface area (Å²) in [6.45, 7) is 6.38. The summed E-state index contributed by atoms with van der Waals surface area (Å²) in [5.41, 5.74) is 2.45. The topological polar surface area (TPSA) is 65.5 Å². The van der Waals surface area contributed by atoms with Crippen LogP contribution < -0.4 is 10.2 Å². The van der Waals surface area contributed by atoms with Gasteiger partial charge in [0.15, 0.2) is 0 Å². The van der Waals surface area contributed by atoms with Crippen LogP contribution in [0.1, 0.15) is 47.7 Å². The molecule has 2 amide bonds. The van der Waals surface area contributed by atoms with Gasteiger partial charge in [-0.15, -0.1) is 0 Å². The Morgan fingerprint density at radius 2 is 1.68 bits per heavy atom. The number of nitrogens with one attached hydrogen (secondary N) is 1. The fourth-order valence-corrected chi connectivity index (χ4v) is 3.83. The molecule has 146 valence electrons. The van der Waals surface area contributed by atoms with Gasteiger partial charge >= 0.3 is 0 Å². The van der Waals surface area contributed by atoms with Crippen LogP contribution in [0.25, 0.3) is 0 Å². The Morgan fingerprint density at radius 3 is 2.39 bits per heavy atom. The molecule has 1 unspecified atom stereocenters. The molecule has 6 heteroatoms. The van der Waals surface area contributed by atoms with Crippen molar-refractivity contribution in [2.24, 2.45) is 5.92 Å². The van der Waals surface area contributed by atoms with Crippen molar-refractivity contribution < 1.29 is 9.59 Å². The number of amides is 2. The van der Waals surface area contributed by atoms with Crippen molar-refractivity contribution in [1.82, 2.24) is 9.88 Å². The highest BCUT2D eigenvalue weighted by Crippen LogP contribution is 2.33. The van der Waals surface area contributed by atoms with Crippen molar-refractivity contribution in [2.75, 3.05) is 29.9 Å². The van der Waals surface area contributed by atoms with E-state index in [0.29, 0.717) is 23.9 Å². The highest BCUT2D eigenvalue weighted by molar-refractivity contribution is 6.07. The lowest BCUT2D eigenvalue weighted by atomic mass is 9.99. The summed E-state index contributed by atoms with van der Waals surface area (Å²) in [5, 5.41) is 3.52. The molecule has 3 heterocycles. The van der Waals surface area contributed by atoms with Crippen molar-refractivity contribution in [1.29, 1.82) is 0 Å². The van der Waals surface area contributed by atoms with E-state index in [9.17, 15) is 9.59 Å². The molecule has 1 fully saturated rings. The fraction of sp³-hybridized carbons (Fsp3) is 0.409. The van der Waals surface area contributed by atoms with E-state index in [1.807, 2.05) is 29.2 Å². The lowest BCUT2D eigenvalue weighted by Gasteiger charge is -2.37. The van der Waals surface area contributed by atoms with Crippen molar-refractivity contribution in [3.63, 3.8) is 0 Å². The standard InChI is InChI=1S/C22H26N4O2/c1-15(2)19-14-26(20-11-4-3-8-16(20)23-19)22(28)18-10-7-9-17(24-18)21(27)25-12-5-6-13-25/h3-4,7-11,15,19,23H,5-6,12-14H2,1-2H3. The minimum Gasteiger partial charge on any atom is -0.379 e. The van der Waals surface area contributed by atoms with Crippen LogP contribution >= 0.6 is 0 Å². The van der Waals surface area contributed by atoms with Gasteiger partial charge in [-0.3, -0.25) is 9.59 Å². The first kappa shape index (κ1) is 18.5. The normalized spacial score (nSPS) is 18.8. The number of pyridine rings is 1. The van der Waals surface area contributed by atoms with Gasteiger partial charge < -0.3 is 15.1 Å². The van der Waals surface area contributed by atoms with Gasteiger partial charge in [0, 0.05) is 25.7 Å². The maximum atomic E-state index is 13.3. The van der Waals surface area contributed by atoms with Crippen LogP contribution in [-0.2, 0) is 0 Å². The van der Waals surface area contributed by atoms with Crippen LogP contribution in [0, 0.1) is 5.92 Å². The number of anilines is 2. The second-order valence-electron chi connectivity index (χ2n) is 7.84. The molecule has 28 heavy (non-hydrogen) atoms. The van der Waals surface area contributed by atoms with Gasteiger partial charge in [-0.1, -0.05) is 32.0 Å². The number of likely N-dealkylation sites (tertiary alicyclic amines) is 1. The van der Waals surface area contributed by atoms with Gasteiger partial charge in [0.1, 0.15) is 11.4 Å². The molecule has 0 bridgehead atoms. The highest BCUT2D eigenvalue weighted by atomic mass is 16.2. The molecule has 0 saturated carbocycles. The molecule has 1 N–H and O–H groups in total. The SMILES string of the molecule is CC(C)C1CN(C(=O)c2cccc(C(=O)N3CCCC3)n2)c2ccccc2N1. The Bertz CT molecular complexity index is 890. The highest BCUT2D eigenvalue weighted by Gasteiger charge is 2.31. The molecule has 4 rings (SSSR count). The Kier molecular flexibility index (Phi) is 5.03. The zero-order chi connectivity index (χ0) is 19.7. The van der Waals surface area contributed by atoms with E-state index in [1.165, 1.54) is 0 Å². The predicted octanol–water partition coefficient (Wildman–Crippen LogP) is 3.41. The van der Waals surface area contributed by atoms with E-state index in [4.69, 9.17) is 0 Å². The zero-order valence-electron chi connectivity index (χ0n) is 16.4. The second-order valence-corrected chi connectivity index (χ2v) is 7.84. The maximum absolute atomic E-state index is 13.3. The fourth-order valence-electron chi connectivity index (χ4n) is 3.83. The van der Waals surface area contributed by atoms with Gasteiger partial charge in [-0.05, 0) is 43.0 Å². The first-order valence-electron chi connectivity index (χ1n) is 9.98. The van der Waals surface area contributed by atoms with Crippen LogP contribution in [0.2, 0.25) is 0 Å². The van der Waals surface area contributed by atoms with E-state index in [1.54, 1.807) is 23.1 Å². The van der Waals surface area contributed by atoms with Gasteiger partial charge in [0.05, 0.1) is 11.4 Å². The molecule has 1 aromatic heterocycles. The zero-order valence-corrected chi connectivity index (χ0v) is 16.4. The van der Waals surface area contributed by atoms with Crippen molar-refractivity contribution >= 4 is 23.2 Å². The summed E-state index contributed by atoms with van der Waals surface area (Å²) in [5.74, 6) is 0.114. The minimum absolute atomic E-state index is 0.0899. The average Bonchev–Trinajstić information content (AvgIpc) is 3.26. The molecule has 6 nitrogen and oxygen atoms in total. The quantitative estimate of drug-likeness (QED) is 0.889. The first-order valence-corrected chi connectivity index (χ1v) is 9.98. The lowest BCUT2D eigenvalue weighted by molar-refractivity contribution is 0.0787. The number of hydrogen-bond acceptors (Lipinski definition) is 4. The molecule has 1 saturated heterocycles. The van der Waals surface area contributed by atoms with E-state index in [-0.39, 0.29) is 17.9 Å². The molecule has 0 aliphatic carbocycles. The predicted molar refractivity (Wildman–Crippen MR) is 110 cm³/mol. The summed E-state index contributed by atoms with van der Waals surface area (Å²) in [6.07, 6.45) is 2.05. The van der Waals surface area contributed by atoms with Gasteiger partial charge in [-0.2, -0.15) is 0 Å². The van der Waals surface area contributed by atoms with E-state index in [2.05, 4.69) is 24.1 Å². The van der Waals surface area contributed by atoms with E-state index >= 15 is 0 Å². The Labute approximate surface area is 165 Å². The smallest absolute Gasteiger partial charge is 0.277 e. The summed E-state index contributed by atoms with van der Waals surface area (Å²) in [6, 6.07) is 13.1. The van der Waals surface area contributed by atoms with Crippen LogP contribution in [-0.4, -0.2) is 47.4 Å². The van der Waals surface area contributed by atoms with Crippen LogP contribution in [0.15, 0.2) is 42.5 Å². The molecule has 0 spiro atoms. The molecule has 0 radical (unpaired) electrons. The summed E-state index contributed by atoms with van der Waals surface area (Å²) < 4.78 is 0. The number of fused-ring (bicyclic) bond motifs is 1. The third kappa shape index (κ3) is 3.46. The van der Waals surface area contributed by atoms with Gasteiger partial charge in [-0.25, -0.2) is 4.98 Å². The molecular formula is C22H26N4O2. The Morgan fingerprint density at radius 1 is 1.00 bits per heavy atom. The molecular weight excluding hydrogens is 352 g/mol. The van der Waals surface area contributed by atoms with Crippen molar-refractivity contribution in [3.05, 3.63) is 53.9 Å². The number of hydrogen-bond donors (Lipinski definition) is 1. The number of rotatable bonds is 3. The monoisotopic (exact) mass is 378 g/mol. The molecule has 2 aliphatic heterocycles. The van der Waals surface area contributed by atoms with Gasteiger partial charge in [0.25, 0.3) is 11.8 Å². The van der Waals surface area contributed by atoms with Crippen molar-refractivity contribution in [3.8, 4) is 0 Å². The number of para-hydroxylation sites is 2. The first-order chi connectivity index (χ1) is 13.5. The maximum Gasteiger partial charge on any atom is 0.277 e. The number of nitrogens with zero attached hydrogens (tertiary/aromatic N) is 3. The molecule has 2 aromatic rings. The third-order valence-corrected chi connectivity index (χ3v) is 5.55. The number of carbonyl (C=O) groups is 2. The van der Waals surface area contributed by atoms with Crippen molar-refractivity contribution in [2.45, 2.75) is 32.7 Å². The summed E-state index contributed by atoms with van der Waals surface area (Å²) >= 11 is 0. The van der Waals surface area contributed by atoms with Crippen LogP contribution in [0.5, 0.6) is 0 Å². The average molecular weight is 378 g/mol. The lowest BCUT2D eigenvalue weighted by Crippen LogP contribution is -2.47. The minimum atomic E-state index is -0.171. The van der Waals surface area contributed by atoms with E-state index < -0.39 is 0 Å². The van der Waals surface area contributed by atoms with Crippen LogP contribution in [0.3, 0.4) is 0 Å². The number of benzene rings is 1. The Balaban J connectivity index is 1.63. The third-order valence-electron chi connectivity index (χ3n) is 5.55. The molecule has 2 aliphatic rings. The van der Waals surface area contributed by atoms with E-state index in [0.717, 1.165) is 37.3 Å². The molecule has 1 atom stereocenters. The van der Waals surface area contributed by atoms with Crippen LogP contribution in [0.4, 0.5) is 11.4 Å². The summed E-state index contributed by atoms with van der Waals surface area (Å²) in [4.78, 5) is 34.0. The second kappa shape index (κ2) is 7.62. The number of aromatic nitrogens is 1. The summed E-state index contributed by atoms with van der Waals surface area (Å²) in [7, 11) is 0. The number of carbonyl (C=O) groups excluding carboxylic acids is 2. The molecule has 1 aromatic carbocycles. The van der Waals surface area contributed by atoms with Gasteiger partial charge in [0.2, 0.25) is 0 Å².